The summed E-state index contributed by atoms with van der Waals surface area (Å²) in [7, 11) is 0. The van der Waals surface area contributed by atoms with Crippen molar-refractivity contribution in [3.05, 3.63) is 24.2 Å². The molecule has 118 valence electrons. The Morgan fingerprint density at radius 1 is 1.48 bits per heavy atom. The minimum absolute atomic E-state index is 0.0801. The van der Waals surface area contributed by atoms with E-state index < -0.39 is 0 Å². The Kier molecular flexibility index (Phi) is 6.72. The summed E-state index contributed by atoms with van der Waals surface area (Å²) in [4.78, 5) is 13.9. The van der Waals surface area contributed by atoms with Gasteiger partial charge < -0.3 is 20.2 Å². The van der Waals surface area contributed by atoms with Gasteiger partial charge in [-0.15, -0.1) is 0 Å². The van der Waals surface area contributed by atoms with Gasteiger partial charge >= 0.3 is 0 Å². The van der Waals surface area contributed by atoms with E-state index in [0.717, 1.165) is 38.1 Å². The lowest BCUT2D eigenvalue weighted by Gasteiger charge is -2.29. The fourth-order valence-corrected chi connectivity index (χ4v) is 2.34. The first-order valence-electron chi connectivity index (χ1n) is 7.59. The second kappa shape index (κ2) is 8.81. The summed E-state index contributed by atoms with van der Waals surface area (Å²) in [6.07, 6.45) is 4.39. The Bertz CT molecular complexity index is 400. The second-order valence-corrected chi connectivity index (χ2v) is 5.45. The van der Waals surface area contributed by atoms with Crippen LogP contribution >= 0.6 is 0 Å². The van der Waals surface area contributed by atoms with Crippen LogP contribution < -0.4 is 11.1 Å². The van der Waals surface area contributed by atoms with Crippen molar-refractivity contribution in [2.75, 3.05) is 32.8 Å². The normalized spacial score (nSPS) is 17.0. The van der Waals surface area contributed by atoms with Gasteiger partial charge in [0.2, 0.25) is 5.91 Å². The molecule has 0 radical (unpaired) electrons. The Labute approximate surface area is 125 Å². The van der Waals surface area contributed by atoms with Gasteiger partial charge in [0.05, 0.1) is 12.8 Å². The molecule has 0 unspecified atom stereocenters. The molecule has 0 aliphatic carbocycles. The first kappa shape index (κ1) is 16.0. The number of ether oxygens (including phenoxy) is 1. The van der Waals surface area contributed by atoms with Crippen molar-refractivity contribution in [1.82, 2.24) is 10.2 Å². The number of nitrogens with zero attached hydrogens (tertiary/aromatic N) is 1. The predicted molar refractivity (Wildman–Crippen MR) is 79.6 cm³/mol. The standard InChI is InChI=1S/C15H25N3O3/c16-13-4-7-18(8-5-13)11-15(19)17-6-2-9-20-12-14-3-1-10-21-14/h1,3,10,13H,2,4-9,11-12,16H2,(H,17,19). The van der Waals surface area contributed by atoms with Gasteiger partial charge in [0.1, 0.15) is 12.4 Å². The fraction of sp³-hybridized carbons (Fsp3) is 0.667. The number of nitrogens with two attached hydrogens (primary N) is 1. The summed E-state index contributed by atoms with van der Waals surface area (Å²) in [6.45, 7) is 4.04. The highest BCUT2D eigenvalue weighted by molar-refractivity contribution is 5.77. The van der Waals surface area contributed by atoms with Crippen LogP contribution in [0.3, 0.4) is 0 Å². The molecule has 1 aliphatic rings. The molecule has 1 aliphatic heterocycles. The third kappa shape index (κ3) is 6.29. The van der Waals surface area contributed by atoms with E-state index in [2.05, 4.69) is 10.2 Å². The van der Waals surface area contributed by atoms with Crippen molar-refractivity contribution < 1.29 is 13.9 Å². The largest absolute Gasteiger partial charge is 0.467 e. The van der Waals surface area contributed by atoms with Crippen molar-refractivity contribution in [2.45, 2.75) is 31.9 Å². The van der Waals surface area contributed by atoms with Crippen molar-refractivity contribution >= 4 is 5.91 Å². The molecule has 0 bridgehead atoms. The molecule has 21 heavy (non-hydrogen) atoms. The van der Waals surface area contributed by atoms with Crippen molar-refractivity contribution in [2.24, 2.45) is 5.73 Å². The topological polar surface area (TPSA) is 80.7 Å². The number of carbonyl (C=O) groups is 1. The molecular weight excluding hydrogens is 270 g/mol. The molecule has 3 N–H and O–H groups in total. The Balaban J connectivity index is 1.45. The SMILES string of the molecule is NC1CCN(CC(=O)NCCCOCc2ccco2)CC1. The van der Waals surface area contributed by atoms with Crippen LogP contribution in [0.5, 0.6) is 0 Å². The molecule has 1 aromatic heterocycles. The monoisotopic (exact) mass is 295 g/mol. The summed E-state index contributed by atoms with van der Waals surface area (Å²) >= 11 is 0. The molecule has 1 saturated heterocycles. The van der Waals surface area contributed by atoms with E-state index >= 15 is 0 Å². The lowest BCUT2D eigenvalue weighted by molar-refractivity contribution is -0.122. The van der Waals surface area contributed by atoms with Crippen LogP contribution in [0.4, 0.5) is 0 Å². The third-order valence-electron chi connectivity index (χ3n) is 3.61. The van der Waals surface area contributed by atoms with E-state index in [1.807, 2.05) is 12.1 Å². The van der Waals surface area contributed by atoms with Crippen LogP contribution in [0, 0.1) is 0 Å². The zero-order valence-electron chi connectivity index (χ0n) is 12.4. The summed E-state index contributed by atoms with van der Waals surface area (Å²) in [5.74, 6) is 0.902. The molecule has 1 fully saturated rings. The van der Waals surface area contributed by atoms with Crippen LogP contribution in [-0.4, -0.2) is 49.6 Å². The number of nitrogens with one attached hydrogen (secondary N) is 1. The van der Waals surface area contributed by atoms with Crippen LogP contribution in [0.2, 0.25) is 0 Å². The average molecular weight is 295 g/mol. The maximum absolute atomic E-state index is 11.8. The van der Waals surface area contributed by atoms with E-state index in [0.29, 0.717) is 32.3 Å². The van der Waals surface area contributed by atoms with Gasteiger partial charge in [0, 0.05) is 32.3 Å². The molecule has 1 aromatic rings. The van der Waals surface area contributed by atoms with Crippen LogP contribution in [0.25, 0.3) is 0 Å². The smallest absolute Gasteiger partial charge is 0.234 e. The minimum atomic E-state index is 0.0801. The van der Waals surface area contributed by atoms with Crippen molar-refractivity contribution in [1.29, 1.82) is 0 Å². The lowest BCUT2D eigenvalue weighted by atomic mass is 10.1. The summed E-state index contributed by atoms with van der Waals surface area (Å²) < 4.78 is 10.6. The van der Waals surface area contributed by atoms with Crippen molar-refractivity contribution in [3.8, 4) is 0 Å². The van der Waals surface area contributed by atoms with Gasteiger partial charge in [-0.25, -0.2) is 0 Å². The van der Waals surface area contributed by atoms with Gasteiger partial charge in [-0.1, -0.05) is 0 Å². The van der Waals surface area contributed by atoms with Gasteiger partial charge in [-0.2, -0.15) is 0 Å². The number of carbonyl (C=O) groups excluding carboxylic acids is 1. The number of furan rings is 1. The number of rotatable bonds is 8. The molecule has 2 heterocycles. The molecule has 0 saturated carbocycles. The van der Waals surface area contributed by atoms with E-state index in [4.69, 9.17) is 14.9 Å². The zero-order chi connectivity index (χ0) is 14.9. The molecule has 0 aromatic carbocycles. The van der Waals surface area contributed by atoms with Gasteiger partial charge in [-0.05, 0) is 31.4 Å². The van der Waals surface area contributed by atoms with E-state index in [1.165, 1.54) is 0 Å². The number of piperidine rings is 1. The highest BCUT2D eigenvalue weighted by atomic mass is 16.5. The van der Waals surface area contributed by atoms with E-state index in [-0.39, 0.29) is 5.91 Å². The summed E-state index contributed by atoms with van der Waals surface area (Å²) in [5.41, 5.74) is 5.84. The van der Waals surface area contributed by atoms with Gasteiger partial charge in [-0.3, -0.25) is 9.69 Å². The number of hydrogen-bond acceptors (Lipinski definition) is 5. The minimum Gasteiger partial charge on any atom is -0.467 e. The maximum atomic E-state index is 11.8. The second-order valence-electron chi connectivity index (χ2n) is 5.45. The third-order valence-corrected chi connectivity index (χ3v) is 3.61. The van der Waals surface area contributed by atoms with Gasteiger partial charge in [0.15, 0.2) is 0 Å². The number of likely N-dealkylation sites (tertiary alicyclic amines) is 1. The fourth-order valence-electron chi connectivity index (χ4n) is 2.34. The van der Waals surface area contributed by atoms with Crippen molar-refractivity contribution in [3.63, 3.8) is 0 Å². The Morgan fingerprint density at radius 3 is 3.00 bits per heavy atom. The van der Waals surface area contributed by atoms with Crippen LogP contribution in [0.15, 0.2) is 22.8 Å². The molecule has 2 rings (SSSR count). The molecule has 0 spiro atoms. The zero-order valence-corrected chi connectivity index (χ0v) is 12.4. The Morgan fingerprint density at radius 2 is 2.29 bits per heavy atom. The maximum Gasteiger partial charge on any atom is 0.234 e. The molecule has 0 atom stereocenters. The van der Waals surface area contributed by atoms with E-state index in [1.54, 1.807) is 6.26 Å². The highest BCUT2D eigenvalue weighted by Gasteiger charge is 2.17. The first-order chi connectivity index (χ1) is 10.2. The quantitative estimate of drug-likeness (QED) is 0.691. The Hall–Kier alpha value is -1.37. The first-order valence-corrected chi connectivity index (χ1v) is 7.59. The van der Waals surface area contributed by atoms with Gasteiger partial charge in [0.25, 0.3) is 0 Å². The van der Waals surface area contributed by atoms with E-state index in [9.17, 15) is 4.79 Å². The molecule has 1 amide bonds. The molecule has 6 heteroatoms. The number of amides is 1. The average Bonchev–Trinajstić information content (AvgIpc) is 2.98. The highest BCUT2D eigenvalue weighted by Crippen LogP contribution is 2.07. The van der Waals surface area contributed by atoms with Crippen LogP contribution in [0.1, 0.15) is 25.0 Å². The predicted octanol–water partition coefficient (Wildman–Crippen LogP) is 0.726. The summed E-state index contributed by atoms with van der Waals surface area (Å²) in [5, 5.41) is 2.92. The van der Waals surface area contributed by atoms with Crippen LogP contribution in [-0.2, 0) is 16.1 Å². The lowest BCUT2D eigenvalue weighted by Crippen LogP contribution is -2.44. The molecule has 6 nitrogen and oxygen atoms in total. The summed E-state index contributed by atoms with van der Waals surface area (Å²) in [6, 6.07) is 4.02. The molecular formula is C15H25N3O3. The number of hydrogen-bond donors (Lipinski definition) is 2.